The average molecular weight is 465 g/mol. The molecular formula is C24H24N4O2S2. The van der Waals surface area contributed by atoms with Crippen molar-refractivity contribution in [2.24, 2.45) is 0 Å². The third kappa shape index (κ3) is 4.39. The van der Waals surface area contributed by atoms with Crippen LogP contribution in [0.5, 0.6) is 0 Å². The van der Waals surface area contributed by atoms with E-state index in [-0.39, 0.29) is 0 Å². The second-order valence-electron chi connectivity index (χ2n) is 7.91. The highest BCUT2D eigenvalue weighted by Crippen LogP contribution is 2.25. The van der Waals surface area contributed by atoms with Crippen molar-refractivity contribution in [2.75, 3.05) is 31.1 Å². The Bertz CT molecular complexity index is 1320. The summed E-state index contributed by atoms with van der Waals surface area (Å²) in [6.07, 6.45) is 1.45. The van der Waals surface area contributed by atoms with E-state index in [0.717, 1.165) is 34.7 Å². The monoisotopic (exact) mass is 464 g/mol. The highest BCUT2D eigenvalue weighted by molar-refractivity contribution is 7.89. The molecule has 0 N–H and O–H groups in total. The first kappa shape index (κ1) is 21.1. The van der Waals surface area contributed by atoms with Crippen LogP contribution >= 0.6 is 11.5 Å². The normalized spacial score (nSPS) is 15.7. The van der Waals surface area contributed by atoms with E-state index in [2.05, 4.69) is 21.4 Å². The molecule has 164 valence electrons. The van der Waals surface area contributed by atoms with Crippen molar-refractivity contribution in [1.29, 1.82) is 0 Å². The van der Waals surface area contributed by atoms with E-state index in [0.29, 0.717) is 31.0 Å². The summed E-state index contributed by atoms with van der Waals surface area (Å²) >= 11 is 1.39. The number of fused-ring (bicyclic) bond motifs is 1. The Morgan fingerprint density at radius 3 is 2.47 bits per heavy atom. The van der Waals surface area contributed by atoms with Gasteiger partial charge < -0.3 is 4.90 Å². The van der Waals surface area contributed by atoms with Crippen molar-refractivity contribution in [2.45, 2.75) is 17.7 Å². The van der Waals surface area contributed by atoms with Gasteiger partial charge >= 0.3 is 0 Å². The number of benzene rings is 3. The first-order chi connectivity index (χ1) is 15.6. The van der Waals surface area contributed by atoms with E-state index >= 15 is 0 Å². The van der Waals surface area contributed by atoms with Gasteiger partial charge in [0.25, 0.3) is 0 Å². The third-order valence-electron chi connectivity index (χ3n) is 5.75. The lowest BCUT2D eigenvalue weighted by Gasteiger charge is -2.21. The Morgan fingerprint density at radius 1 is 0.844 bits per heavy atom. The summed E-state index contributed by atoms with van der Waals surface area (Å²) in [5.74, 6) is 0.807. The topological polar surface area (TPSA) is 66.4 Å². The van der Waals surface area contributed by atoms with Gasteiger partial charge in [-0.3, -0.25) is 0 Å². The molecule has 0 bridgehead atoms. The van der Waals surface area contributed by atoms with E-state index < -0.39 is 10.0 Å². The molecule has 2 heterocycles. The minimum atomic E-state index is -3.54. The Labute approximate surface area is 192 Å². The van der Waals surface area contributed by atoms with E-state index in [1.165, 1.54) is 17.1 Å². The molecule has 1 aliphatic heterocycles. The summed E-state index contributed by atoms with van der Waals surface area (Å²) in [5, 5.41) is 2.83. The molecule has 0 spiro atoms. The standard InChI is InChI=1S/C24H24N4O2S2/c29-32(30,22-12-11-20-9-4-5-10-21(20)18-22)28-14-6-13-27(15-16-28)24-25-23(26-31-24)17-19-7-2-1-3-8-19/h1-5,7-12,18H,6,13-17H2. The van der Waals surface area contributed by atoms with Crippen molar-refractivity contribution >= 4 is 37.5 Å². The Kier molecular flexibility index (Phi) is 5.91. The SMILES string of the molecule is O=S(=O)(c1ccc2ccccc2c1)N1CCCN(c2nc(Cc3ccccc3)ns2)CC1. The zero-order valence-corrected chi connectivity index (χ0v) is 19.2. The van der Waals surface area contributed by atoms with Crippen LogP contribution in [0.4, 0.5) is 5.13 Å². The molecule has 1 saturated heterocycles. The Morgan fingerprint density at radius 2 is 1.62 bits per heavy atom. The van der Waals surface area contributed by atoms with E-state index in [9.17, 15) is 8.42 Å². The molecule has 0 saturated carbocycles. The number of anilines is 1. The molecule has 1 aromatic heterocycles. The molecular weight excluding hydrogens is 440 g/mol. The number of hydrogen-bond acceptors (Lipinski definition) is 6. The van der Waals surface area contributed by atoms with Crippen LogP contribution in [0, 0.1) is 0 Å². The summed E-state index contributed by atoms with van der Waals surface area (Å²) < 4.78 is 32.8. The van der Waals surface area contributed by atoms with Gasteiger partial charge in [-0.1, -0.05) is 60.7 Å². The van der Waals surface area contributed by atoms with Crippen LogP contribution in [-0.2, 0) is 16.4 Å². The molecule has 0 amide bonds. The molecule has 1 aliphatic rings. The van der Waals surface area contributed by atoms with Crippen LogP contribution in [0.1, 0.15) is 17.8 Å². The molecule has 0 aliphatic carbocycles. The van der Waals surface area contributed by atoms with Crippen molar-refractivity contribution in [3.63, 3.8) is 0 Å². The van der Waals surface area contributed by atoms with Crippen LogP contribution in [0.25, 0.3) is 10.8 Å². The molecule has 6 nitrogen and oxygen atoms in total. The summed E-state index contributed by atoms with van der Waals surface area (Å²) in [5.41, 5.74) is 1.18. The van der Waals surface area contributed by atoms with Crippen molar-refractivity contribution < 1.29 is 8.42 Å². The summed E-state index contributed by atoms with van der Waals surface area (Å²) in [4.78, 5) is 7.22. The molecule has 0 atom stereocenters. The Hall–Kier alpha value is -2.81. The highest BCUT2D eigenvalue weighted by Gasteiger charge is 2.28. The van der Waals surface area contributed by atoms with Gasteiger partial charge in [-0.15, -0.1) is 0 Å². The zero-order valence-electron chi connectivity index (χ0n) is 17.6. The number of hydrogen-bond donors (Lipinski definition) is 0. The minimum absolute atomic E-state index is 0.353. The van der Waals surface area contributed by atoms with E-state index in [4.69, 9.17) is 4.98 Å². The van der Waals surface area contributed by atoms with Crippen LogP contribution < -0.4 is 4.90 Å². The average Bonchev–Trinajstić information content (AvgIpc) is 3.13. The van der Waals surface area contributed by atoms with Gasteiger partial charge in [-0.05, 0) is 34.9 Å². The van der Waals surface area contributed by atoms with Gasteiger partial charge in [-0.25, -0.2) is 13.4 Å². The quantitative estimate of drug-likeness (QED) is 0.443. The molecule has 1 fully saturated rings. The first-order valence-electron chi connectivity index (χ1n) is 10.7. The molecule has 3 aromatic carbocycles. The maximum atomic E-state index is 13.3. The first-order valence-corrected chi connectivity index (χ1v) is 12.9. The van der Waals surface area contributed by atoms with Gasteiger partial charge in [0.05, 0.1) is 4.90 Å². The smallest absolute Gasteiger partial charge is 0.243 e. The van der Waals surface area contributed by atoms with Crippen molar-refractivity contribution in [3.8, 4) is 0 Å². The molecule has 0 radical (unpaired) electrons. The molecule has 4 aromatic rings. The van der Waals surface area contributed by atoms with Gasteiger partial charge in [0.2, 0.25) is 15.2 Å². The number of nitrogens with zero attached hydrogens (tertiary/aromatic N) is 4. The molecule has 8 heteroatoms. The van der Waals surface area contributed by atoms with Gasteiger partial charge in [0, 0.05) is 44.1 Å². The molecule has 5 rings (SSSR count). The predicted molar refractivity (Wildman–Crippen MR) is 129 cm³/mol. The number of sulfonamides is 1. The Balaban J connectivity index is 1.29. The lowest BCUT2D eigenvalue weighted by atomic mass is 10.1. The fourth-order valence-electron chi connectivity index (χ4n) is 4.03. The maximum Gasteiger partial charge on any atom is 0.243 e. The predicted octanol–water partition coefficient (Wildman–Crippen LogP) is 4.18. The van der Waals surface area contributed by atoms with Crippen LogP contribution in [0.2, 0.25) is 0 Å². The third-order valence-corrected chi connectivity index (χ3v) is 8.46. The number of aromatic nitrogens is 2. The van der Waals surface area contributed by atoms with Gasteiger partial charge in [-0.2, -0.15) is 8.68 Å². The summed E-state index contributed by atoms with van der Waals surface area (Å²) in [7, 11) is -3.54. The van der Waals surface area contributed by atoms with Gasteiger partial charge in [0.1, 0.15) is 5.82 Å². The van der Waals surface area contributed by atoms with Crippen molar-refractivity contribution in [1.82, 2.24) is 13.7 Å². The van der Waals surface area contributed by atoms with Crippen LogP contribution in [0.15, 0.2) is 77.7 Å². The minimum Gasteiger partial charge on any atom is -0.345 e. The zero-order chi connectivity index (χ0) is 22.0. The molecule has 32 heavy (non-hydrogen) atoms. The van der Waals surface area contributed by atoms with E-state index in [1.54, 1.807) is 16.4 Å². The lowest BCUT2D eigenvalue weighted by molar-refractivity contribution is 0.433. The van der Waals surface area contributed by atoms with Crippen LogP contribution in [-0.4, -0.2) is 48.3 Å². The van der Waals surface area contributed by atoms with E-state index in [1.807, 2.05) is 48.5 Å². The van der Waals surface area contributed by atoms with Gasteiger partial charge in [0.15, 0.2) is 0 Å². The highest BCUT2D eigenvalue weighted by atomic mass is 32.2. The second kappa shape index (κ2) is 8.97. The summed E-state index contributed by atoms with van der Waals surface area (Å²) in [6.45, 7) is 2.31. The number of rotatable bonds is 5. The maximum absolute atomic E-state index is 13.3. The summed E-state index contributed by atoms with van der Waals surface area (Å²) in [6, 6.07) is 23.4. The largest absolute Gasteiger partial charge is 0.345 e. The second-order valence-corrected chi connectivity index (χ2v) is 10.6. The van der Waals surface area contributed by atoms with Crippen LogP contribution in [0.3, 0.4) is 0 Å². The molecule has 0 unspecified atom stereocenters. The van der Waals surface area contributed by atoms with Crippen molar-refractivity contribution in [3.05, 3.63) is 84.2 Å². The fourth-order valence-corrected chi connectivity index (χ4v) is 6.27. The fraction of sp³-hybridized carbons (Fsp3) is 0.250. The lowest BCUT2D eigenvalue weighted by Crippen LogP contribution is -2.35.